The summed E-state index contributed by atoms with van der Waals surface area (Å²) in [5.41, 5.74) is 0.840. The molecule has 2 aliphatic heterocycles. The molecule has 2 aromatic rings. The maximum Gasteiger partial charge on any atom is 0.227 e. The van der Waals surface area contributed by atoms with Crippen molar-refractivity contribution in [3.05, 3.63) is 12.1 Å². The molecular weight excluding hydrogens is 382 g/mol. The summed E-state index contributed by atoms with van der Waals surface area (Å²) < 4.78 is 11.0. The monoisotopic (exact) mass is 413 g/mol. The number of ether oxygens (including phenoxy) is 2. The second kappa shape index (κ2) is 8.93. The summed E-state index contributed by atoms with van der Waals surface area (Å²) in [5, 5.41) is 4.56. The molecule has 2 fully saturated rings. The number of benzene rings is 1. The molecule has 8 nitrogen and oxygen atoms in total. The number of methoxy groups -OCH3 is 2. The van der Waals surface area contributed by atoms with Crippen LogP contribution in [0.15, 0.2) is 12.1 Å². The van der Waals surface area contributed by atoms with E-state index in [0.29, 0.717) is 11.5 Å². The fraction of sp³-hybridized carbons (Fsp3) is 0.591. The van der Waals surface area contributed by atoms with Crippen LogP contribution in [0.3, 0.4) is 0 Å². The molecule has 1 amide bonds. The summed E-state index contributed by atoms with van der Waals surface area (Å²) in [7, 11) is 3.27. The zero-order valence-corrected chi connectivity index (χ0v) is 18.1. The molecule has 4 rings (SSSR count). The molecule has 0 radical (unpaired) electrons. The lowest BCUT2D eigenvalue weighted by atomic mass is 10.0. The minimum Gasteiger partial charge on any atom is -0.493 e. The number of carbonyl (C=O) groups is 1. The molecule has 8 heteroatoms. The maximum absolute atomic E-state index is 11.6. The summed E-state index contributed by atoms with van der Waals surface area (Å²) in [6.07, 6.45) is 5.39. The van der Waals surface area contributed by atoms with Crippen molar-refractivity contribution in [3.8, 4) is 11.5 Å². The third-order valence-electron chi connectivity index (χ3n) is 6.11. The molecule has 162 valence electrons. The zero-order valence-electron chi connectivity index (χ0n) is 18.1. The van der Waals surface area contributed by atoms with E-state index in [-0.39, 0.29) is 11.9 Å². The van der Waals surface area contributed by atoms with Gasteiger partial charge in [-0.2, -0.15) is 4.98 Å². The molecule has 3 heterocycles. The number of piperidine rings is 2. The van der Waals surface area contributed by atoms with Crippen LogP contribution < -0.4 is 19.7 Å². The van der Waals surface area contributed by atoms with Crippen molar-refractivity contribution in [2.75, 3.05) is 50.6 Å². The Hall–Kier alpha value is -2.77. The molecule has 0 spiro atoms. The van der Waals surface area contributed by atoms with Gasteiger partial charge in [0.25, 0.3) is 0 Å². The lowest BCUT2D eigenvalue weighted by molar-refractivity contribution is -0.129. The highest BCUT2D eigenvalue weighted by atomic mass is 16.5. The molecule has 0 saturated carbocycles. The summed E-state index contributed by atoms with van der Waals surface area (Å²) in [6, 6.07) is 4.13. The third-order valence-corrected chi connectivity index (χ3v) is 6.11. The Bertz CT molecular complexity index is 905. The lowest BCUT2D eigenvalue weighted by Crippen LogP contribution is -2.41. The number of hydrogen-bond donors (Lipinski definition) is 1. The van der Waals surface area contributed by atoms with E-state index in [4.69, 9.17) is 19.4 Å². The quantitative estimate of drug-likeness (QED) is 0.807. The van der Waals surface area contributed by atoms with Crippen LogP contribution in [0.1, 0.15) is 39.0 Å². The number of likely N-dealkylation sites (tertiary alicyclic amines) is 1. The van der Waals surface area contributed by atoms with E-state index in [1.807, 2.05) is 17.0 Å². The van der Waals surface area contributed by atoms with Crippen molar-refractivity contribution in [1.82, 2.24) is 14.9 Å². The minimum atomic E-state index is 0.144. The molecule has 1 aromatic carbocycles. The van der Waals surface area contributed by atoms with Crippen molar-refractivity contribution < 1.29 is 14.3 Å². The average molecular weight is 414 g/mol. The SMILES string of the molecule is COc1cc2nc(N3CCCCC3)nc(NC3CCN(C(C)=O)CC3)c2cc1OC. The van der Waals surface area contributed by atoms with Crippen molar-refractivity contribution in [2.24, 2.45) is 0 Å². The molecule has 2 aliphatic rings. The molecule has 0 atom stereocenters. The summed E-state index contributed by atoms with van der Waals surface area (Å²) in [6.45, 7) is 5.14. The van der Waals surface area contributed by atoms with Crippen LogP contribution in [-0.2, 0) is 4.79 Å². The third kappa shape index (κ3) is 4.22. The van der Waals surface area contributed by atoms with Gasteiger partial charge in [-0.1, -0.05) is 0 Å². The Kier molecular flexibility index (Phi) is 6.11. The lowest BCUT2D eigenvalue weighted by Gasteiger charge is -2.32. The van der Waals surface area contributed by atoms with E-state index in [0.717, 1.165) is 61.7 Å². The van der Waals surface area contributed by atoms with E-state index < -0.39 is 0 Å². The predicted octanol–water partition coefficient (Wildman–Crippen LogP) is 3.06. The number of nitrogens with one attached hydrogen (secondary N) is 1. The Balaban J connectivity index is 1.68. The van der Waals surface area contributed by atoms with Crippen molar-refractivity contribution in [1.29, 1.82) is 0 Å². The van der Waals surface area contributed by atoms with Crippen LogP contribution in [0.4, 0.5) is 11.8 Å². The van der Waals surface area contributed by atoms with E-state index >= 15 is 0 Å². The van der Waals surface area contributed by atoms with E-state index in [1.54, 1.807) is 21.1 Å². The van der Waals surface area contributed by atoms with Gasteiger partial charge in [0.1, 0.15) is 5.82 Å². The van der Waals surface area contributed by atoms with E-state index in [9.17, 15) is 4.79 Å². The maximum atomic E-state index is 11.6. The summed E-state index contributed by atoms with van der Waals surface area (Å²) in [4.78, 5) is 25.6. The molecular formula is C22H31N5O3. The number of nitrogens with zero attached hydrogens (tertiary/aromatic N) is 4. The fourth-order valence-corrected chi connectivity index (χ4v) is 4.32. The first-order valence-electron chi connectivity index (χ1n) is 10.8. The van der Waals surface area contributed by atoms with Crippen LogP contribution in [-0.4, -0.2) is 67.2 Å². The zero-order chi connectivity index (χ0) is 21.1. The highest BCUT2D eigenvalue weighted by molar-refractivity contribution is 5.93. The Labute approximate surface area is 177 Å². The smallest absolute Gasteiger partial charge is 0.227 e. The minimum absolute atomic E-state index is 0.144. The summed E-state index contributed by atoms with van der Waals surface area (Å²) >= 11 is 0. The first-order valence-corrected chi connectivity index (χ1v) is 10.8. The second-order valence-corrected chi connectivity index (χ2v) is 8.07. The number of hydrogen-bond acceptors (Lipinski definition) is 7. The normalized spacial score (nSPS) is 17.8. The number of carbonyl (C=O) groups excluding carboxylic acids is 1. The largest absolute Gasteiger partial charge is 0.493 e. The van der Waals surface area contributed by atoms with Gasteiger partial charge in [-0.05, 0) is 38.2 Å². The van der Waals surface area contributed by atoms with Gasteiger partial charge in [0.2, 0.25) is 11.9 Å². The standard InChI is InChI=1S/C22H31N5O3/c1-15(28)26-11-7-16(8-12-26)23-21-17-13-19(29-2)20(30-3)14-18(17)24-22(25-21)27-9-5-4-6-10-27/h13-14,16H,4-12H2,1-3H3,(H,23,24,25). The Morgan fingerprint density at radius 2 is 1.67 bits per heavy atom. The van der Waals surface area contributed by atoms with Crippen molar-refractivity contribution in [3.63, 3.8) is 0 Å². The van der Waals surface area contributed by atoms with Gasteiger partial charge in [-0.25, -0.2) is 4.98 Å². The first-order chi connectivity index (χ1) is 14.6. The highest BCUT2D eigenvalue weighted by Gasteiger charge is 2.23. The van der Waals surface area contributed by atoms with Gasteiger partial charge < -0.3 is 24.6 Å². The molecule has 1 aromatic heterocycles. The van der Waals surface area contributed by atoms with Gasteiger partial charge in [0, 0.05) is 50.6 Å². The van der Waals surface area contributed by atoms with Crippen LogP contribution in [0, 0.1) is 0 Å². The number of anilines is 2. The number of fused-ring (bicyclic) bond motifs is 1. The summed E-state index contributed by atoms with van der Waals surface area (Å²) in [5.74, 6) is 3.05. The molecule has 0 bridgehead atoms. The second-order valence-electron chi connectivity index (χ2n) is 8.07. The first kappa shape index (κ1) is 20.5. The van der Waals surface area contributed by atoms with Crippen LogP contribution in [0.5, 0.6) is 11.5 Å². The number of aromatic nitrogens is 2. The van der Waals surface area contributed by atoms with Crippen LogP contribution in [0.25, 0.3) is 10.9 Å². The molecule has 30 heavy (non-hydrogen) atoms. The van der Waals surface area contributed by atoms with E-state index in [1.165, 1.54) is 19.3 Å². The Morgan fingerprint density at radius 1 is 1.00 bits per heavy atom. The predicted molar refractivity (Wildman–Crippen MR) is 118 cm³/mol. The molecule has 2 saturated heterocycles. The average Bonchev–Trinajstić information content (AvgIpc) is 2.79. The van der Waals surface area contributed by atoms with Gasteiger partial charge in [-0.15, -0.1) is 0 Å². The highest BCUT2D eigenvalue weighted by Crippen LogP contribution is 2.36. The van der Waals surface area contributed by atoms with Gasteiger partial charge in [0.15, 0.2) is 11.5 Å². The fourth-order valence-electron chi connectivity index (χ4n) is 4.32. The van der Waals surface area contributed by atoms with Crippen molar-refractivity contribution >= 4 is 28.6 Å². The number of rotatable bonds is 5. The topological polar surface area (TPSA) is 79.8 Å². The molecule has 1 N–H and O–H groups in total. The Morgan fingerprint density at radius 3 is 2.30 bits per heavy atom. The molecule has 0 unspecified atom stereocenters. The van der Waals surface area contributed by atoms with Gasteiger partial charge in [0.05, 0.1) is 19.7 Å². The number of amides is 1. The van der Waals surface area contributed by atoms with Crippen LogP contribution >= 0.6 is 0 Å². The molecule has 0 aliphatic carbocycles. The van der Waals surface area contributed by atoms with E-state index in [2.05, 4.69) is 10.2 Å². The van der Waals surface area contributed by atoms with Gasteiger partial charge in [-0.3, -0.25) is 4.79 Å². The van der Waals surface area contributed by atoms with Gasteiger partial charge >= 0.3 is 0 Å². The van der Waals surface area contributed by atoms with Crippen molar-refractivity contribution in [2.45, 2.75) is 45.1 Å². The van der Waals surface area contributed by atoms with Crippen LogP contribution in [0.2, 0.25) is 0 Å².